The molecule has 0 aromatic carbocycles. The highest BCUT2D eigenvalue weighted by Gasteiger charge is 2.30. The minimum Gasteiger partial charge on any atom is -0.464 e. The molecule has 0 spiro atoms. The number of esters is 1. The van der Waals surface area contributed by atoms with Crippen molar-refractivity contribution in [3.05, 3.63) is 56.9 Å². The van der Waals surface area contributed by atoms with Gasteiger partial charge < -0.3 is 10.1 Å². The van der Waals surface area contributed by atoms with Crippen LogP contribution in [0.3, 0.4) is 0 Å². The number of fused-ring (bicyclic) bond motifs is 1. The van der Waals surface area contributed by atoms with E-state index < -0.39 is 34.1 Å². The molecule has 0 atom stereocenters. The second-order valence-corrected chi connectivity index (χ2v) is 6.30. The highest BCUT2D eigenvalue weighted by atomic mass is 16.6. The van der Waals surface area contributed by atoms with Gasteiger partial charge in [0, 0.05) is 19.1 Å². The molecule has 0 unspecified atom stereocenters. The summed E-state index contributed by atoms with van der Waals surface area (Å²) in [6.45, 7) is 2.68. The Bertz CT molecular complexity index is 1180. The molecule has 1 aliphatic carbocycles. The Kier molecular flexibility index (Phi) is 5.20. The van der Waals surface area contributed by atoms with Gasteiger partial charge in [0.1, 0.15) is 0 Å². The number of nitrogens with one attached hydrogen (secondary N) is 1. The highest BCUT2D eigenvalue weighted by Crippen LogP contribution is 2.31. The van der Waals surface area contributed by atoms with Gasteiger partial charge >= 0.3 is 5.97 Å². The maximum atomic E-state index is 12.2. The van der Waals surface area contributed by atoms with Gasteiger partial charge in [-0.05, 0) is 24.6 Å². The van der Waals surface area contributed by atoms with Crippen molar-refractivity contribution < 1.29 is 28.8 Å². The molecule has 0 radical (unpaired) electrons. The predicted molar refractivity (Wildman–Crippen MR) is 101 cm³/mol. The van der Waals surface area contributed by atoms with E-state index in [0.29, 0.717) is 0 Å². The molecular weight excluding hydrogens is 396 g/mol. The molecule has 11 nitrogen and oxygen atoms in total. The molecule has 2 aromatic heterocycles. The van der Waals surface area contributed by atoms with Crippen molar-refractivity contribution in [2.45, 2.75) is 13.8 Å². The first kappa shape index (κ1) is 20.5. The van der Waals surface area contributed by atoms with Crippen LogP contribution in [0.15, 0.2) is 24.3 Å². The fourth-order valence-electron chi connectivity index (χ4n) is 2.89. The van der Waals surface area contributed by atoms with Crippen LogP contribution in [0.2, 0.25) is 0 Å². The molecule has 1 aliphatic rings. The normalized spacial score (nSPS) is 12.7. The number of carbonyl (C=O) groups excluding carboxylic acids is 4. The van der Waals surface area contributed by atoms with E-state index >= 15 is 0 Å². The van der Waals surface area contributed by atoms with Gasteiger partial charge in [0.25, 0.3) is 5.69 Å². The number of carbonyl (C=O) groups is 4. The van der Waals surface area contributed by atoms with Crippen LogP contribution >= 0.6 is 0 Å². The molecule has 2 aromatic rings. The SMILES string of the molecule is COC(=O)c1nc(-c2ccc3c(n2)C(NC(C)=O)=CC(=O)C3=O)c([N+](=O)[O-])cc1C. The summed E-state index contributed by atoms with van der Waals surface area (Å²) < 4.78 is 4.66. The van der Waals surface area contributed by atoms with Crippen molar-refractivity contribution in [2.75, 3.05) is 7.11 Å². The van der Waals surface area contributed by atoms with Crippen LogP contribution in [0.4, 0.5) is 5.69 Å². The fraction of sp³-hybridized carbons (Fsp3) is 0.158. The summed E-state index contributed by atoms with van der Waals surface area (Å²) in [5, 5.41) is 14.0. The quantitative estimate of drug-likeness (QED) is 0.340. The van der Waals surface area contributed by atoms with E-state index in [1.165, 1.54) is 26.0 Å². The number of aryl methyl sites for hydroxylation is 1. The third-order valence-corrected chi connectivity index (χ3v) is 4.22. The van der Waals surface area contributed by atoms with E-state index in [1.54, 1.807) is 0 Å². The van der Waals surface area contributed by atoms with Gasteiger partial charge in [-0.1, -0.05) is 0 Å². The van der Waals surface area contributed by atoms with Crippen LogP contribution in [0.5, 0.6) is 0 Å². The lowest BCUT2D eigenvalue weighted by Gasteiger charge is -2.16. The van der Waals surface area contributed by atoms with Gasteiger partial charge in [-0.25, -0.2) is 14.8 Å². The molecule has 0 fully saturated rings. The summed E-state index contributed by atoms with van der Waals surface area (Å²) in [7, 11) is 1.15. The van der Waals surface area contributed by atoms with E-state index in [0.717, 1.165) is 19.3 Å². The van der Waals surface area contributed by atoms with Gasteiger partial charge in [-0.15, -0.1) is 0 Å². The summed E-state index contributed by atoms with van der Waals surface area (Å²) >= 11 is 0. The maximum Gasteiger partial charge on any atom is 0.356 e. The number of ether oxygens (including phenoxy) is 1. The number of pyridine rings is 2. The molecule has 3 rings (SSSR count). The fourth-order valence-corrected chi connectivity index (χ4v) is 2.89. The Balaban J connectivity index is 2.26. The Morgan fingerprint density at radius 2 is 1.87 bits per heavy atom. The molecule has 0 bridgehead atoms. The Morgan fingerprint density at radius 1 is 1.17 bits per heavy atom. The van der Waals surface area contributed by atoms with E-state index in [1.807, 2.05) is 0 Å². The number of ketones is 2. The van der Waals surface area contributed by atoms with Gasteiger partial charge in [-0.2, -0.15) is 0 Å². The number of hydrogen-bond acceptors (Lipinski definition) is 9. The number of aromatic nitrogens is 2. The monoisotopic (exact) mass is 410 g/mol. The first-order valence-electron chi connectivity index (χ1n) is 8.48. The number of hydrogen-bond donors (Lipinski definition) is 1. The third-order valence-electron chi connectivity index (χ3n) is 4.22. The second kappa shape index (κ2) is 7.62. The van der Waals surface area contributed by atoms with Crippen LogP contribution < -0.4 is 5.32 Å². The van der Waals surface area contributed by atoms with Crippen LogP contribution in [0, 0.1) is 17.0 Å². The molecule has 0 saturated heterocycles. The minimum absolute atomic E-state index is 0.0214. The molecule has 1 N–H and O–H groups in total. The van der Waals surface area contributed by atoms with Crippen molar-refractivity contribution in [2.24, 2.45) is 0 Å². The first-order chi connectivity index (χ1) is 14.1. The van der Waals surface area contributed by atoms with E-state index in [4.69, 9.17) is 0 Å². The van der Waals surface area contributed by atoms with E-state index in [-0.39, 0.29) is 39.6 Å². The summed E-state index contributed by atoms with van der Waals surface area (Å²) in [6.07, 6.45) is 0.930. The summed E-state index contributed by atoms with van der Waals surface area (Å²) in [6, 6.07) is 3.69. The number of nitrogens with zero attached hydrogens (tertiary/aromatic N) is 3. The van der Waals surface area contributed by atoms with Crippen molar-refractivity contribution in [1.82, 2.24) is 15.3 Å². The topological polar surface area (TPSA) is 158 Å². The van der Waals surface area contributed by atoms with Crippen molar-refractivity contribution in [3.63, 3.8) is 0 Å². The Labute approximate surface area is 168 Å². The average molecular weight is 410 g/mol. The Hall–Kier alpha value is -4.28. The van der Waals surface area contributed by atoms with Crippen molar-refractivity contribution >= 4 is 34.8 Å². The van der Waals surface area contributed by atoms with E-state index in [9.17, 15) is 29.3 Å². The highest BCUT2D eigenvalue weighted by molar-refractivity contribution is 6.50. The number of rotatable bonds is 4. The number of methoxy groups -OCH3 is 1. The van der Waals surface area contributed by atoms with Crippen LogP contribution in [-0.4, -0.2) is 45.4 Å². The summed E-state index contributed by atoms with van der Waals surface area (Å²) in [5.74, 6) is -2.97. The zero-order valence-electron chi connectivity index (χ0n) is 16.0. The van der Waals surface area contributed by atoms with Crippen molar-refractivity contribution in [1.29, 1.82) is 0 Å². The molecule has 152 valence electrons. The molecule has 0 saturated carbocycles. The lowest BCUT2D eigenvalue weighted by Crippen LogP contribution is -2.27. The van der Waals surface area contributed by atoms with Crippen LogP contribution in [0.25, 0.3) is 17.1 Å². The summed E-state index contributed by atoms with van der Waals surface area (Å²) in [4.78, 5) is 66.6. The lowest BCUT2D eigenvalue weighted by atomic mass is 9.96. The second-order valence-electron chi connectivity index (χ2n) is 6.30. The largest absolute Gasteiger partial charge is 0.464 e. The zero-order chi connectivity index (χ0) is 22.2. The van der Waals surface area contributed by atoms with Gasteiger partial charge in [0.05, 0.1) is 34.7 Å². The Morgan fingerprint density at radius 3 is 2.47 bits per heavy atom. The van der Waals surface area contributed by atoms with Gasteiger partial charge in [0.2, 0.25) is 17.5 Å². The lowest BCUT2D eigenvalue weighted by molar-refractivity contribution is -0.384. The third kappa shape index (κ3) is 3.55. The van der Waals surface area contributed by atoms with Crippen molar-refractivity contribution in [3.8, 4) is 11.4 Å². The number of nitro groups is 1. The van der Waals surface area contributed by atoms with Crippen LogP contribution in [-0.2, 0) is 14.3 Å². The van der Waals surface area contributed by atoms with Crippen LogP contribution in [0.1, 0.15) is 39.0 Å². The first-order valence-corrected chi connectivity index (χ1v) is 8.48. The molecule has 0 aliphatic heterocycles. The molecule has 1 amide bonds. The van der Waals surface area contributed by atoms with Gasteiger partial charge in [-0.3, -0.25) is 24.5 Å². The average Bonchev–Trinajstić information content (AvgIpc) is 2.70. The minimum atomic E-state index is -0.840. The molecule has 30 heavy (non-hydrogen) atoms. The molecular formula is C19H14N4O7. The number of amides is 1. The molecule has 2 heterocycles. The standard InChI is InChI=1S/C19H14N4O7/c1-8-6-13(23(28)29)17(22-15(8)19(27)30-3)11-5-4-10-16(21-11)12(20-9(2)24)7-14(25)18(10)26/h4-7H,1-3H3,(H,20,24). The number of allylic oxidation sites excluding steroid dienone is 1. The maximum absolute atomic E-state index is 12.2. The number of Topliss-reactive ketones (excluding diaryl/α,β-unsaturated/α-hetero) is 1. The molecule has 11 heteroatoms. The zero-order valence-corrected chi connectivity index (χ0v) is 16.0. The summed E-state index contributed by atoms with van der Waals surface area (Å²) in [5.41, 5.74) is -0.731. The van der Waals surface area contributed by atoms with Gasteiger partial charge in [0.15, 0.2) is 11.4 Å². The smallest absolute Gasteiger partial charge is 0.356 e. The predicted octanol–water partition coefficient (Wildman–Crippen LogP) is 1.39. The van der Waals surface area contributed by atoms with E-state index in [2.05, 4.69) is 20.0 Å².